The van der Waals surface area contributed by atoms with Gasteiger partial charge in [-0.05, 0) is 80.0 Å². The first-order chi connectivity index (χ1) is 14.7. The van der Waals surface area contributed by atoms with Gasteiger partial charge in [-0.2, -0.15) is 0 Å². The molecule has 0 bridgehead atoms. The standard InChI is InChI=1S/C29H31N/c1-3-25(16-17-26-12-5-4-6-13-26)11-7-8-23-30-29-21-19-28(20-22-29)27-14-9-10-24(2)15-18-27/h4-6,9-10,12-13,15,18-22,30H,1,7-8,11,16-17,23H2,2H3. The molecule has 1 N–H and O–H groups in total. The fourth-order valence-electron chi connectivity index (χ4n) is 3.47. The van der Waals surface area contributed by atoms with Gasteiger partial charge in [0.25, 0.3) is 0 Å². The topological polar surface area (TPSA) is 12.0 Å². The summed E-state index contributed by atoms with van der Waals surface area (Å²) >= 11 is 0. The molecule has 2 aromatic carbocycles. The van der Waals surface area contributed by atoms with Crippen LogP contribution in [0.2, 0.25) is 0 Å². The monoisotopic (exact) mass is 393 g/mol. The number of aryl methyl sites for hydroxylation is 1. The van der Waals surface area contributed by atoms with Crippen molar-refractivity contribution in [3.8, 4) is 0 Å². The van der Waals surface area contributed by atoms with E-state index in [1.54, 1.807) is 0 Å². The lowest BCUT2D eigenvalue weighted by Gasteiger charge is -2.09. The molecule has 0 spiro atoms. The van der Waals surface area contributed by atoms with Gasteiger partial charge in [0.2, 0.25) is 0 Å². The molecule has 0 aliphatic heterocycles. The van der Waals surface area contributed by atoms with E-state index in [9.17, 15) is 0 Å². The lowest BCUT2D eigenvalue weighted by Crippen LogP contribution is -2.01. The molecular weight excluding hydrogens is 362 g/mol. The molecule has 0 fully saturated rings. The SMILES string of the molecule is C=C=C(CCCCNc1ccc(C2=C=CC=C(C)C=C2)cc1)CCc1ccccc1. The van der Waals surface area contributed by atoms with E-state index < -0.39 is 0 Å². The van der Waals surface area contributed by atoms with Gasteiger partial charge in [0.1, 0.15) is 0 Å². The van der Waals surface area contributed by atoms with Gasteiger partial charge in [-0.25, -0.2) is 0 Å². The van der Waals surface area contributed by atoms with Crippen molar-refractivity contribution in [3.63, 3.8) is 0 Å². The molecule has 0 amide bonds. The zero-order valence-corrected chi connectivity index (χ0v) is 18.0. The maximum absolute atomic E-state index is 3.88. The van der Waals surface area contributed by atoms with Gasteiger partial charge in [-0.1, -0.05) is 66.8 Å². The average molecular weight is 394 g/mol. The van der Waals surface area contributed by atoms with Crippen molar-refractivity contribution in [2.45, 2.75) is 39.0 Å². The van der Waals surface area contributed by atoms with E-state index in [0.717, 1.165) is 44.2 Å². The third-order valence-electron chi connectivity index (χ3n) is 5.34. The second-order valence-corrected chi connectivity index (χ2v) is 7.70. The zero-order chi connectivity index (χ0) is 21.0. The van der Waals surface area contributed by atoms with Crippen molar-refractivity contribution in [2.75, 3.05) is 11.9 Å². The summed E-state index contributed by atoms with van der Waals surface area (Å²) in [6.07, 6.45) is 13.8. The first-order valence-corrected chi connectivity index (χ1v) is 10.8. The summed E-state index contributed by atoms with van der Waals surface area (Å²) in [5.41, 5.74) is 13.9. The summed E-state index contributed by atoms with van der Waals surface area (Å²) in [6.45, 7) is 6.96. The summed E-state index contributed by atoms with van der Waals surface area (Å²) in [7, 11) is 0. The molecule has 2 aromatic rings. The van der Waals surface area contributed by atoms with Crippen molar-refractivity contribution < 1.29 is 0 Å². The predicted octanol–water partition coefficient (Wildman–Crippen LogP) is 7.67. The number of benzene rings is 2. The van der Waals surface area contributed by atoms with Crippen LogP contribution < -0.4 is 5.32 Å². The Morgan fingerprint density at radius 2 is 1.77 bits per heavy atom. The van der Waals surface area contributed by atoms with Crippen LogP contribution in [-0.4, -0.2) is 6.54 Å². The molecule has 1 aliphatic carbocycles. The van der Waals surface area contributed by atoms with Crippen LogP contribution in [0.4, 0.5) is 5.69 Å². The number of hydrogen-bond acceptors (Lipinski definition) is 1. The molecule has 30 heavy (non-hydrogen) atoms. The van der Waals surface area contributed by atoms with Gasteiger partial charge in [-0.3, -0.25) is 0 Å². The third-order valence-corrected chi connectivity index (χ3v) is 5.34. The molecule has 3 rings (SSSR count). The van der Waals surface area contributed by atoms with E-state index in [1.807, 2.05) is 6.08 Å². The van der Waals surface area contributed by atoms with Crippen molar-refractivity contribution >= 4 is 11.3 Å². The largest absolute Gasteiger partial charge is 0.385 e. The van der Waals surface area contributed by atoms with Crippen LogP contribution in [0.1, 0.15) is 43.7 Å². The van der Waals surface area contributed by atoms with Crippen molar-refractivity contribution in [1.29, 1.82) is 0 Å². The zero-order valence-electron chi connectivity index (χ0n) is 18.0. The van der Waals surface area contributed by atoms with E-state index in [0.29, 0.717) is 0 Å². The van der Waals surface area contributed by atoms with Crippen LogP contribution in [0.15, 0.2) is 108 Å². The van der Waals surface area contributed by atoms with Gasteiger partial charge in [0, 0.05) is 17.8 Å². The molecule has 0 unspecified atom stereocenters. The van der Waals surface area contributed by atoms with Crippen molar-refractivity contribution in [1.82, 2.24) is 0 Å². The lowest BCUT2D eigenvalue weighted by atomic mass is 10.0. The molecule has 0 atom stereocenters. The summed E-state index contributed by atoms with van der Waals surface area (Å²) < 4.78 is 0. The summed E-state index contributed by atoms with van der Waals surface area (Å²) in [5.74, 6) is 0. The highest BCUT2D eigenvalue weighted by molar-refractivity contribution is 5.75. The molecule has 0 saturated carbocycles. The Balaban J connectivity index is 1.37. The Bertz CT molecular complexity index is 990. The second kappa shape index (κ2) is 11.7. The van der Waals surface area contributed by atoms with E-state index in [2.05, 4.69) is 103 Å². The molecular formula is C29H31N. The molecule has 0 radical (unpaired) electrons. The van der Waals surface area contributed by atoms with Gasteiger partial charge >= 0.3 is 0 Å². The van der Waals surface area contributed by atoms with Crippen LogP contribution in [-0.2, 0) is 6.42 Å². The summed E-state index contributed by atoms with van der Waals surface area (Å²) in [5, 5.41) is 3.53. The van der Waals surface area contributed by atoms with E-state index >= 15 is 0 Å². The molecule has 0 aromatic heterocycles. The van der Waals surface area contributed by atoms with Gasteiger partial charge in [-0.15, -0.1) is 11.5 Å². The minimum atomic E-state index is 0.980. The number of allylic oxidation sites excluding steroid dienone is 6. The minimum absolute atomic E-state index is 0.980. The Labute approximate surface area is 181 Å². The van der Waals surface area contributed by atoms with Crippen molar-refractivity contribution in [3.05, 3.63) is 119 Å². The number of anilines is 1. The van der Waals surface area contributed by atoms with Gasteiger partial charge in [0.05, 0.1) is 0 Å². The summed E-state index contributed by atoms with van der Waals surface area (Å²) in [6, 6.07) is 19.3. The lowest BCUT2D eigenvalue weighted by molar-refractivity contribution is 0.730. The Hall–Kier alpha value is -3.24. The van der Waals surface area contributed by atoms with Gasteiger partial charge in [0.15, 0.2) is 0 Å². The maximum Gasteiger partial charge on any atom is 0.0340 e. The highest BCUT2D eigenvalue weighted by Gasteiger charge is 2.01. The fourth-order valence-corrected chi connectivity index (χ4v) is 3.47. The molecule has 1 aliphatic rings. The smallest absolute Gasteiger partial charge is 0.0340 e. The number of rotatable bonds is 10. The van der Waals surface area contributed by atoms with Crippen LogP contribution >= 0.6 is 0 Å². The molecule has 0 saturated heterocycles. The average Bonchev–Trinajstić information content (AvgIpc) is 3.01. The Morgan fingerprint density at radius 1 is 0.967 bits per heavy atom. The second-order valence-electron chi connectivity index (χ2n) is 7.70. The third kappa shape index (κ3) is 6.98. The maximum atomic E-state index is 3.88. The van der Waals surface area contributed by atoms with Crippen LogP contribution in [0.5, 0.6) is 0 Å². The Kier molecular flexibility index (Phi) is 8.36. The van der Waals surface area contributed by atoms with Crippen LogP contribution in [0.25, 0.3) is 5.57 Å². The van der Waals surface area contributed by atoms with Crippen LogP contribution in [0, 0.1) is 0 Å². The first-order valence-electron chi connectivity index (χ1n) is 10.8. The fraction of sp³-hybridized carbons (Fsp3) is 0.241. The molecule has 1 heteroatoms. The van der Waals surface area contributed by atoms with E-state index in [-0.39, 0.29) is 0 Å². The van der Waals surface area contributed by atoms with E-state index in [4.69, 9.17) is 0 Å². The molecule has 152 valence electrons. The van der Waals surface area contributed by atoms with E-state index in [1.165, 1.54) is 28.0 Å². The number of nitrogens with one attached hydrogen (secondary N) is 1. The number of unbranched alkanes of at least 4 members (excludes halogenated alkanes) is 1. The highest BCUT2D eigenvalue weighted by Crippen LogP contribution is 2.20. The highest BCUT2D eigenvalue weighted by atomic mass is 14.9. The van der Waals surface area contributed by atoms with Crippen LogP contribution in [0.3, 0.4) is 0 Å². The number of hydrogen-bond donors (Lipinski definition) is 1. The Morgan fingerprint density at radius 3 is 2.53 bits per heavy atom. The summed E-state index contributed by atoms with van der Waals surface area (Å²) in [4.78, 5) is 0. The quantitative estimate of drug-likeness (QED) is 0.322. The van der Waals surface area contributed by atoms with Gasteiger partial charge < -0.3 is 5.32 Å². The molecule has 1 nitrogen and oxygen atoms in total. The van der Waals surface area contributed by atoms with Crippen molar-refractivity contribution in [2.24, 2.45) is 0 Å². The normalized spacial score (nSPS) is 12.6. The molecule has 0 heterocycles. The predicted molar refractivity (Wildman–Crippen MR) is 131 cm³/mol. The first kappa shape index (κ1) is 21.5. The minimum Gasteiger partial charge on any atom is -0.385 e.